The van der Waals surface area contributed by atoms with Crippen molar-refractivity contribution in [2.75, 3.05) is 0 Å². The van der Waals surface area contributed by atoms with Crippen LogP contribution in [-0.4, -0.2) is 60.8 Å². The highest BCUT2D eigenvalue weighted by Crippen LogP contribution is 2.51. The minimum atomic E-state index is -0.328. The van der Waals surface area contributed by atoms with Gasteiger partial charge in [0, 0.05) is 96.9 Å². The summed E-state index contributed by atoms with van der Waals surface area (Å²) in [5, 5.41) is 96.8. The minimum Gasteiger partial charge on any atom is -0.504 e. The standard InChI is InChI=1S/C42H22N6O8/c49-31-11-1-2-12(32(31)50)24-20-10-22-26-14-4-6-16(36(54)34(14)52)28(26)40(45-22)47-42-30-18-8-7-17(37(55)38(18)56)29(30)41(48-42)46-39-27-15-5-3-13(33(51)35(15)53)25(27)21(44-39)9-19(43-20)23(11)24/h1-10,43,49-56H,(H3,44,45,46,47,48). The SMILES string of the molecule is Oc1c(O)c2ccc1c1c3[nH]c(c21)N=c1[nH]c(c2c4ccc(c(O)c4O)c12)=Nc1[nH]c(c2c4ccc(c(O)c4O)c12)C=c1[nH]c(c2c4ccc(c(O)c4O)c12)=C3. The van der Waals surface area contributed by atoms with E-state index in [1.807, 2.05) is 12.2 Å². The number of nitrogens with one attached hydrogen (secondary N) is 4. The molecule has 0 radical (unpaired) electrons. The highest BCUT2D eigenvalue weighted by molar-refractivity contribution is 6.25. The maximum atomic E-state index is 11.1. The van der Waals surface area contributed by atoms with Crippen LogP contribution in [-0.2, 0) is 0 Å². The van der Waals surface area contributed by atoms with Gasteiger partial charge in [0.25, 0.3) is 0 Å². The number of hydrogen-bond donors (Lipinski definition) is 12. The number of H-pyrrole nitrogens is 4. The number of fused-ring (bicyclic) bond motifs is 16. The number of aromatic nitrogens is 4. The average molecular weight is 739 g/mol. The first-order valence-electron chi connectivity index (χ1n) is 17.5. The molecule has 0 unspecified atom stereocenters. The largest absolute Gasteiger partial charge is 0.504 e. The fourth-order valence-electron chi connectivity index (χ4n) is 9.41. The minimum absolute atomic E-state index is 0.261. The Labute approximate surface area is 307 Å². The number of hydrogen-bond acceptors (Lipinski definition) is 10. The van der Waals surface area contributed by atoms with E-state index in [1.165, 1.54) is 0 Å². The average Bonchev–Trinajstić information content (AvgIpc) is 3.96. The van der Waals surface area contributed by atoms with Crippen LogP contribution in [0.1, 0.15) is 11.4 Å². The van der Waals surface area contributed by atoms with Crippen molar-refractivity contribution in [1.29, 1.82) is 0 Å². The summed E-state index contributed by atoms with van der Waals surface area (Å²) in [5.41, 5.74) is 1.51. The molecule has 16 aromatic rings. The summed E-state index contributed by atoms with van der Waals surface area (Å²) in [6, 6.07) is 13.6. The number of nitrogens with zero attached hydrogens (tertiary/aromatic N) is 2. The molecule has 0 fully saturated rings. The van der Waals surface area contributed by atoms with Crippen molar-refractivity contribution in [1.82, 2.24) is 19.9 Å². The molecule has 16 bridgehead atoms. The van der Waals surface area contributed by atoms with Crippen molar-refractivity contribution < 1.29 is 40.9 Å². The van der Waals surface area contributed by atoms with E-state index in [9.17, 15) is 40.9 Å². The number of aromatic hydroxyl groups is 8. The van der Waals surface area contributed by atoms with Gasteiger partial charge in [0.05, 0.1) is 11.4 Å². The fraction of sp³-hybridized carbons (Fsp3) is 0. The lowest BCUT2D eigenvalue weighted by atomic mass is 9.97. The Kier molecular flexibility index (Phi) is 4.74. The van der Waals surface area contributed by atoms with Gasteiger partial charge < -0.3 is 60.8 Å². The van der Waals surface area contributed by atoms with Gasteiger partial charge in [-0.05, 0) is 60.7 Å². The zero-order valence-electron chi connectivity index (χ0n) is 28.2. The Bertz CT molecular complexity index is 3530. The first-order valence-corrected chi connectivity index (χ1v) is 17.5. The second kappa shape index (κ2) is 9.09. The Morgan fingerprint density at radius 2 is 0.589 bits per heavy atom. The second-order valence-corrected chi connectivity index (χ2v) is 14.5. The molecule has 0 amide bonds. The van der Waals surface area contributed by atoms with Gasteiger partial charge in [0.15, 0.2) is 46.0 Å². The summed E-state index contributed by atoms with van der Waals surface area (Å²) in [7, 11) is 0. The van der Waals surface area contributed by atoms with E-state index in [-0.39, 0.29) is 57.0 Å². The van der Waals surface area contributed by atoms with Crippen molar-refractivity contribution >= 4 is 110 Å². The number of phenolic OH excluding ortho intramolecular Hbond substituents is 8. The normalized spacial score (nSPS) is 13.4. The maximum absolute atomic E-state index is 11.1. The summed E-state index contributed by atoms with van der Waals surface area (Å²) < 4.78 is 0. The first kappa shape index (κ1) is 29.2. The van der Waals surface area contributed by atoms with Gasteiger partial charge in [-0.1, -0.05) is 0 Å². The molecule has 1 aliphatic heterocycles. The molecule has 12 aromatic carbocycles. The highest BCUT2D eigenvalue weighted by atomic mass is 16.3. The molecule has 0 atom stereocenters. The third-order valence-corrected chi connectivity index (χ3v) is 11.8. The molecular weight excluding hydrogens is 716 g/mol. The zero-order valence-corrected chi connectivity index (χ0v) is 28.2. The van der Waals surface area contributed by atoms with Crippen LogP contribution >= 0.6 is 0 Å². The van der Waals surface area contributed by atoms with Gasteiger partial charge >= 0.3 is 0 Å². The number of phenols is 16. The lowest BCUT2D eigenvalue weighted by Gasteiger charge is -2.10. The van der Waals surface area contributed by atoms with E-state index in [0.29, 0.717) is 120 Å². The molecule has 0 spiro atoms. The molecule has 5 heterocycles. The summed E-state index contributed by atoms with van der Waals surface area (Å²) in [6.45, 7) is 0. The lowest BCUT2D eigenvalue weighted by molar-refractivity contribution is 0.412. The van der Waals surface area contributed by atoms with Crippen LogP contribution < -0.4 is 21.7 Å². The van der Waals surface area contributed by atoms with Crippen LogP contribution in [0.3, 0.4) is 0 Å². The lowest BCUT2D eigenvalue weighted by Crippen LogP contribution is -2.11. The van der Waals surface area contributed by atoms with Crippen LogP contribution in [0.15, 0.2) is 58.5 Å². The number of rotatable bonds is 0. The first-order chi connectivity index (χ1) is 27.1. The van der Waals surface area contributed by atoms with Crippen molar-refractivity contribution in [2.45, 2.75) is 0 Å². The van der Waals surface area contributed by atoms with Gasteiger partial charge in [0.2, 0.25) is 0 Å². The summed E-state index contributed by atoms with van der Waals surface area (Å²) in [5.74, 6) is -1.85. The topological polar surface area (TPSA) is 250 Å². The summed E-state index contributed by atoms with van der Waals surface area (Å²) in [6.07, 6.45) is 3.62. The fourth-order valence-corrected chi connectivity index (χ4v) is 9.41. The van der Waals surface area contributed by atoms with Crippen LogP contribution in [0.25, 0.3) is 98.3 Å². The molecule has 12 N–H and O–H groups in total. The summed E-state index contributed by atoms with van der Waals surface area (Å²) >= 11 is 0. The molecule has 268 valence electrons. The molecular formula is C42H22N6O8. The third-order valence-electron chi connectivity index (χ3n) is 11.8. The Hall–Kier alpha value is -8.26. The van der Waals surface area contributed by atoms with Crippen molar-refractivity contribution in [2.24, 2.45) is 9.98 Å². The predicted molar refractivity (Wildman–Crippen MR) is 209 cm³/mol. The molecule has 14 heteroatoms. The number of benzene rings is 12. The quantitative estimate of drug-likeness (QED) is 0.0884. The highest BCUT2D eigenvalue weighted by Gasteiger charge is 2.27. The van der Waals surface area contributed by atoms with E-state index in [2.05, 4.69) is 19.9 Å². The van der Waals surface area contributed by atoms with Gasteiger partial charge in [-0.15, -0.1) is 0 Å². The second-order valence-electron chi connectivity index (χ2n) is 14.5. The van der Waals surface area contributed by atoms with Crippen LogP contribution in [0.4, 0.5) is 11.6 Å². The molecule has 56 heavy (non-hydrogen) atoms. The van der Waals surface area contributed by atoms with Crippen LogP contribution in [0.2, 0.25) is 0 Å². The molecule has 1 aliphatic rings. The predicted octanol–water partition coefficient (Wildman–Crippen LogP) is 5.49. The van der Waals surface area contributed by atoms with Gasteiger partial charge in [-0.3, -0.25) is 0 Å². The maximum Gasteiger partial charge on any atom is 0.166 e. The smallest absolute Gasteiger partial charge is 0.166 e. The molecule has 0 saturated carbocycles. The van der Waals surface area contributed by atoms with Gasteiger partial charge in [0.1, 0.15) is 22.6 Å². The van der Waals surface area contributed by atoms with E-state index in [1.54, 1.807) is 48.5 Å². The van der Waals surface area contributed by atoms with E-state index in [0.717, 1.165) is 0 Å². The zero-order chi connectivity index (χ0) is 37.8. The van der Waals surface area contributed by atoms with Crippen molar-refractivity contribution in [3.8, 4) is 46.0 Å². The Balaban J connectivity index is 1.31. The van der Waals surface area contributed by atoms with Gasteiger partial charge in [-0.2, -0.15) is 0 Å². The van der Waals surface area contributed by atoms with E-state index in [4.69, 9.17) is 9.98 Å². The van der Waals surface area contributed by atoms with Crippen LogP contribution in [0, 0.1) is 0 Å². The number of aromatic amines is 4. The van der Waals surface area contributed by atoms with Gasteiger partial charge in [-0.25, -0.2) is 9.98 Å². The van der Waals surface area contributed by atoms with Crippen molar-refractivity contribution in [3.05, 3.63) is 81.6 Å². The van der Waals surface area contributed by atoms with E-state index >= 15 is 0 Å². The molecule has 0 saturated heterocycles. The molecule has 14 nitrogen and oxygen atoms in total. The molecule has 4 aromatic heterocycles. The molecule has 17 rings (SSSR count). The summed E-state index contributed by atoms with van der Waals surface area (Å²) in [4.78, 5) is 23.7. The monoisotopic (exact) mass is 738 g/mol. The van der Waals surface area contributed by atoms with Crippen LogP contribution in [0.5, 0.6) is 46.0 Å². The third kappa shape index (κ3) is 3.10. The van der Waals surface area contributed by atoms with Crippen molar-refractivity contribution in [3.63, 3.8) is 0 Å². The van der Waals surface area contributed by atoms with E-state index < -0.39 is 0 Å². The Morgan fingerprint density at radius 3 is 0.929 bits per heavy atom. The Morgan fingerprint density at radius 1 is 0.304 bits per heavy atom. The molecule has 0 aliphatic carbocycles.